The van der Waals surface area contributed by atoms with E-state index < -0.39 is 0 Å². The first-order valence-corrected chi connectivity index (χ1v) is 10.9. The molecule has 2 aromatic heterocycles. The van der Waals surface area contributed by atoms with Crippen LogP contribution in [0.2, 0.25) is 0 Å². The van der Waals surface area contributed by atoms with Gasteiger partial charge in [0.25, 0.3) is 0 Å². The quantitative estimate of drug-likeness (QED) is 0.346. The van der Waals surface area contributed by atoms with Gasteiger partial charge in [-0.2, -0.15) is 0 Å². The molecular formula is C20H26N6O2S. The molecule has 8 nitrogen and oxygen atoms in total. The standard InChI is InChI=1S/C20H26N6O2S/c1-3-16-22-17-18(23-16)24-20(25-19(17)26-7-9-27-10-8-26)29-12-13-5-6-15(28-4-2)14(21)11-13/h5-6,11H,3-4,7-10,12,21H2,1-2H3,(H,22,23,24,25). The zero-order valence-corrected chi connectivity index (χ0v) is 17.6. The fraction of sp³-hybridized carbons (Fsp3) is 0.450. The molecule has 0 unspecified atom stereocenters. The van der Waals surface area contributed by atoms with E-state index in [0.29, 0.717) is 36.3 Å². The Balaban J connectivity index is 1.59. The number of thioether (sulfide) groups is 1. The normalized spacial score (nSPS) is 14.5. The number of H-pyrrole nitrogens is 1. The number of benzene rings is 1. The predicted molar refractivity (Wildman–Crippen MR) is 116 cm³/mol. The van der Waals surface area contributed by atoms with E-state index in [1.54, 1.807) is 11.8 Å². The highest BCUT2D eigenvalue weighted by Crippen LogP contribution is 2.30. The van der Waals surface area contributed by atoms with Crippen molar-refractivity contribution in [3.8, 4) is 5.75 Å². The Labute approximate surface area is 174 Å². The summed E-state index contributed by atoms with van der Waals surface area (Å²) in [4.78, 5) is 19.8. The van der Waals surface area contributed by atoms with Crippen molar-refractivity contribution < 1.29 is 9.47 Å². The lowest BCUT2D eigenvalue weighted by Crippen LogP contribution is -2.37. The number of nitrogens with two attached hydrogens (primary N) is 1. The van der Waals surface area contributed by atoms with E-state index in [9.17, 15) is 0 Å². The molecule has 29 heavy (non-hydrogen) atoms. The number of nitrogens with zero attached hydrogens (tertiary/aromatic N) is 4. The Morgan fingerprint density at radius 3 is 2.76 bits per heavy atom. The van der Waals surface area contributed by atoms with Crippen LogP contribution >= 0.6 is 11.8 Å². The van der Waals surface area contributed by atoms with Gasteiger partial charge in [0.2, 0.25) is 0 Å². The lowest BCUT2D eigenvalue weighted by atomic mass is 10.2. The van der Waals surface area contributed by atoms with Crippen LogP contribution in [-0.4, -0.2) is 52.8 Å². The van der Waals surface area contributed by atoms with Gasteiger partial charge in [-0.05, 0) is 24.6 Å². The molecule has 1 aliphatic rings. The summed E-state index contributed by atoms with van der Waals surface area (Å²) in [5, 5.41) is 0.709. The van der Waals surface area contributed by atoms with Crippen molar-refractivity contribution in [2.45, 2.75) is 31.2 Å². The first-order chi connectivity index (χ1) is 14.2. The average Bonchev–Trinajstić information content (AvgIpc) is 3.17. The van der Waals surface area contributed by atoms with Gasteiger partial charge in [-0.25, -0.2) is 15.0 Å². The van der Waals surface area contributed by atoms with Gasteiger partial charge in [-0.15, -0.1) is 0 Å². The fourth-order valence-electron chi connectivity index (χ4n) is 3.27. The van der Waals surface area contributed by atoms with E-state index in [1.807, 2.05) is 25.1 Å². The number of aromatic amines is 1. The van der Waals surface area contributed by atoms with Gasteiger partial charge in [0.15, 0.2) is 16.6 Å². The maximum Gasteiger partial charge on any atom is 0.192 e. The summed E-state index contributed by atoms with van der Waals surface area (Å²) < 4.78 is 11.0. The molecule has 154 valence electrons. The number of nitrogens with one attached hydrogen (secondary N) is 1. The lowest BCUT2D eigenvalue weighted by molar-refractivity contribution is 0.122. The maximum atomic E-state index is 6.09. The van der Waals surface area contributed by atoms with Crippen LogP contribution in [0.3, 0.4) is 0 Å². The third kappa shape index (κ3) is 4.40. The molecule has 0 atom stereocenters. The van der Waals surface area contributed by atoms with Gasteiger partial charge >= 0.3 is 0 Å². The molecule has 9 heteroatoms. The number of aromatic nitrogens is 4. The Hall–Kier alpha value is -2.52. The summed E-state index contributed by atoms with van der Waals surface area (Å²) in [5.41, 5.74) is 9.46. The van der Waals surface area contributed by atoms with Gasteiger partial charge in [-0.1, -0.05) is 24.8 Å². The molecule has 1 aliphatic heterocycles. The van der Waals surface area contributed by atoms with Crippen molar-refractivity contribution in [2.75, 3.05) is 43.5 Å². The summed E-state index contributed by atoms with van der Waals surface area (Å²) in [5.74, 6) is 3.26. The number of hydrogen-bond acceptors (Lipinski definition) is 8. The highest BCUT2D eigenvalue weighted by molar-refractivity contribution is 7.98. The van der Waals surface area contributed by atoms with Crippen molar-refractivity contribution in [1.29, 1.82) is 0 Å². The molecule has 1 aromatic carbocycles. The minimum Gasteiger partial charge on any atom is -0.492 e. The molecule has 4 rings (SSSR count). The monoisotopic (exact) mass is 414 g/mol. The van der Waals surface area contributed by atoms with Crippen LogP contribution in [-0.2, 0) is 16.9 Å². The lowest BCUT2D eigenvalue weighted by Gasteiger charge is -2.28. The van der Waals surface area contributed by atoms with E-state index >= 15 is 0 Å². The third-order valence-electron chi connectivity index (χ3n) is 4.75. The average molecular weight is 415 g/mol. The van der Waals surface area contributed by atoms with Crippen molar-refractivity contribution in [3.05, 3.63) is 29.6 Å². The van der Waals surface area contributed by atoms with Gasteiger partial charge in [-0.3, -0.25) is 0 Å². The van der Waals surface area contributed by atoms with E-state index in [-0.39, 0.29) is 0 Å². The molecule has 1 fully saturated rings. The van der Waals surface area contributed by atoms with Crippen LogP contribution in [0.1, 0.15) is 25.2 Å². The Morgan fingerprint density at radius 2 is 2.03 bits per heavy atom. The van der Waals surface area contributed by atoms with Crippen molar-refractivity contribution >= 4 is 34.4 Å². The first kappa shape index (κ1) is 19.8. The highest BCUT2D eigenvalue weighted by atomic mass is 32.2. The van der Waals surface area contributed by atoms with E-state index in [1.165, 1.54) is 0 Å². The number of rotatable bonds is 7. The van der Waals surface area contributed by atoms with Gasteiger partial charge in [0, 0.05) is 25.3 Å². The summed E-state index contributed by atoms with van der Waals surface area (Å²) in [6.45, 7) is 7.65. The van der Waals surface area contributed by atoms with Crippen LogP contribution in [0, 0.1) is 0 Å². The van der Waals surface area contributed by atoms with E-state index in [2.05, 4.69) is 26.8 Å². The van der Waals surface area contributed by atoms with Crippen molar-refractivity contribution in [2.24, 2.45) is 0 Å². The molecule has 0 saturated carbocycles. The van der Waals surface area contributed by atoms with E-state index in [0.717, 1.165) is 53.7 Å². The molecule has 3 heterocycles. The van der Waals surface area contributed by atoms with Gasteiger partial charge < -0.3 is 25.1 Å². The number of anilines is 2. The molecule has 0 aliphatic carbocycles. The van der Waals surface area contributed by atoms with Crippen LogP contribution in [0.15, 0.2) is 23.4 Å². The molecule has 0 spiro atoms. The van der Waals surface area contributed by atoms with Crippen LogP contribution in [0.4, 0.5) is 11.5 Å². The Bertz CT molecular complexity index is 987. The number of imidazole rings is 1. The molecule has 1 saturated heterocycles. The largest absolute Gasteiger partial charge is 0.492 e. The van der Waals surface area contributed by atoms with Crippen molar-refractivity contribution in [3.63, 3.8) is 0 Å². The maximum absolute atomic E-state index is 6.09. The second-order valence-corrected chi connectivity index (χ2v) is 7.70. The smallest absolute Gasteiger partial charge is 0.192 e. The fourth-order valence-corrected chi connectivity index (χ4v) is 4.05. The molecule has 0 bridgehead atoms. The topological polar surface area (TPSA) is 102 Å². The molecule has 0 radical (unpaired) electrons. The second kappa shape index (κ2) is 8.87. The first-order valence-electron chi connectivity index (χ1n) is 9.91. The molecule has 0 amide bonds. The Morgan fingerprint density at radius 1 is 1.21 bits per heavy atom. The van der Waals surface area contributed by atoms with Crippen LogP contribution in [0.5, 0.6) is 5.75 Å². The molecular weight excluding hydrogens is 388 g/mol. The highest BCUT2D eigenvalue weighted by Gasteiger charge is 2.20. The minimum absolute atomic E-state index is 0.597. The summed E-state index contributed by atoms with van der Waals surface area (Å²) in [6.07, 6.45) is 0.826. The Kier molecular flexibility index (Phi) is 6.05. The summed E-state index contributed by atoms with van der Waals surface area (Å²) in [6, 6.07) is 5.89. The molecule has 3 N–H and O–H groups in total. The number of nitrogen functional groups attached to an aromatic ring is 1. The SMILES string of the molecule is CCOc1ccc(CSc2nc(N3CCOCC3)c3[nH]c(CC)nc3n2)cc1N. The number of ether oxygens (including phenoxy) is 2. The number of fused-ring (bicyclic) bond motifs is 1. The zero-order chi connectivity index (χ0) is 20.2. The van der Waals surface area contributed by atoms with Crippen molar-refractivity contribution in [1.82, 2.24) is 19.9 Å². The summed E-state index contributed by atoms with van der Waals surface area (Å²) >= 11 is 1.58. The second-order valence-electron chi connectivity index (χ2n) is 6.76. The van der Waals surface area contributed by atoms with Crippen LogP contribution in [0.25, 0.3) is 11.2 Å². The number of morpholine rings is 1. The summed E-state index contributed by atoms with van der Waals surface area (Å²) in [7, 11) is 0. The van der Waals surface area contributed by atoms with Crippen LogP contribution < -0.4 is 15.4 Å². The predicted octanol–water partition coefficient (Wildman–Crippen LogP) is 3.03. The number of hydrogen-bond donors (Lipinski definition) is 2. The van der Waals surface area contributed by atoms with Gasteiger partial charge in [0.05, 0.1) is 25.5 Å². The van der Waals surface area contributed by atoms with Gasteiger partial charge in [0.1, 0.15) is 17.1 Å². The minimum atomic E-state index is 0.597. The third-order valence-corrected chi connectivity index (χ3v) is 5.67. The van der Waals surface area contributed by atoms with E-state index in [4.69, 9.17) is 20.2 Å². The number of aryl methyl sites for hydroxylation is 1. The zero-order valence-electron chi connectivity index (χ0n) is 16.8. The molecule has 3 aromatic rings.